The van der Waals surface area contributed by atoms with Crippen molar-refractivity contribution in [2.24, 2.45) is 5.92 Å². The number of nitrogens with zero attached hydrogens (tertiary/aromatic N) is 2. The van der Waals surface area contributed by atoms with Crippen molar-refractivity contribution < 1.29 is 9.59 Å². The van der Waals surface area contributed by atoms with Gasteiger partial charge in [-0.05, 0) is 31.9 Å². The van der Waals surface area contributed by atoms with E-state index >= 15 is 0 Å². The molecule has 1 aromatic heterocycles. The van der Waals surface area contributed by atoms with E-state index in [1.165, 1.54) is 0 Å². The van der Waals surface area contributed by atoms with Crippen LogP contribution in [0.3, 0.4) is 0 Å². The van der Waals surface area contributed by atoms with Crippen LogP contribution in [0, 0.1) is 12.8 Å². The Kier molecular flexibility index (Phi) is 4.94. The van der Waals surface area contributed by atoms with Crippen LogP contribution >= 0.6 is 11.3 Å². The van der Waals surface area contributed by atoms with E-state index in [1.54, 1.807) is 23.2 Å². The molecule has 1 aromatic carbocycles. The van der Waals surface area contributed by atoms with Gasteiger partial charge in [0.05, 0.1) is 16.6 Å². The maximum Gasteiger partial charge on any atom is 0.229 e. The zero-order valence-corrected chi connectivity index (χ0v) is 14.7. The van der Waals surface area contributed by atoms with Gasteiger partial charge in [-0.1, -0.05) is 12.1 Å². The molecule has 6 heteroatoms. The predicted octanol–water partition coefficient (Wildman–Crippen LogP) is 3.32. The number of benzene rings is 1. The van der Waals surface area contributed by atoms with Crippen molar-refractivity contribution in [3.8, 4) is 11.3 Å². The minimum absolute atomic E-state index is 0.0156. The Morgan fingerprint density at radius 2 is 2.04 bits per heavy atom. The van der Waals surface area contributed by atoms with Crippen molar-refractivity contribution in [2.75, 3.05) is 18.4 Å². The summed E-state index contributed by atoms with van der Waals surface area (Å²) >= 11 is 1.62. The fourth-order valence-electron chi connectivity index (χ4n) is 2.94. The third kappa shape index (κ3) is 3.82. The lowest BCUT2D eigenvalue weighted by Gasteiger charge is -2.31. The minimum Gasteiger partial charge on any atom is -0.342 e. The molecule has 0 saturated carbocycles. The fraction of sp³-hybridized carbons (Fsp3) is 0.389. The first-order valence-electron chi connectivity index (χ1n) is 8.12. The molecule has 0 bridgehead atoms. The van der Waals surface area contributed by atoms with Crippen molar-refractivity contribution in [3.05, 3.63) is 34.7 Å². The van der Waals surface area contributed by atoms with Crippen molar-refractivity contribution >= 4 is 28.8 Å². The number of piperidine rings is 1. The molecular weight excluding hydrogens is 322 g/mol. The molecule has 0 aliphatic carbocycles. The van der Waals surface area contributed by atoms with Gasteiger partial charge in [-0.3, -0.25) is 9.59 Å². The van der Waals surface area contributed by atoms with Crippen molar-refractivity contribution in [1.82, 2.24) is 9.88 Å². The molecule has 2 aromatic rings. The second-order valence-electron chi connectivity index (χ2n) is 6.12. The summed E-state index contributed by atoms with van der Waals surface area (Å²) in [5, 5.41) is 6.03. The van der Waals surface area contributed by atoms with Gasteiger partial charge in [-0.2, -0.15) is 0 Å². The van der Waals surface area contributed by atoms with E-state index in [1.807, 2.05) is 36.6 Å². The van der Waals surface area contributed by atoms with Crippen LogP contribution < -0.4 is 5.32 Å². The lowest BCUT2D eigenvalue weighted by Crippen LogP contribution is -2.42. The number of carbonyl (C=O) groups is 2. The number of likely N-dealkylation sites (tertiary alicyclic amines) is 1. The quantitative estimate of drug-likeness (QED) is 0.930. The molecule has 2 heterocycles. The van der Waals surface area contributed by atoms with E-state index in [2.05, 4.69) is 10.3 Å². The molecule has 24 heavy (non-hydrogen) atoms. The number of thiazole rings is 1. The number of hydrogen-bond donors (Lipinski definition) is 1. The van der Waals surface area contributed by atoms with Crippen molar-refractivity contribution in [1.29, 1.82) is 0 Å². The second kappa shape index (κ2) is 7.13. The Morgan fingerprint density at radius 3 is 2.67 bits per heavy atom. The Bertz CT molecular complexity index is 739. The lowest BCUT2D eigenvalue weighted by molar-refractivity contribution is -0.132. The van der Waals surface area contributed by atoms with E-state index in [4.69, 9.17) is 0 Å². The number of nitrogens with one attached hydrogen (secondary N) is 1. The summed E-state index contributed by atoms with van der Waals surface area (Å²) in [6.45, 7) is 4.80. The van der Waals surface area contributed by atoms with E-state index in [0.29, 0.717) is 6.54 Å². The molecule has 0 spiro atoms. The molecular formula is C18H21N3O2S. The number of aromatic nitrogens is 1. The largest absolute Gasteiger partial charge is 0.342 e. The van der Waals surface area contributed by atoms with Gasteiger partial charge in [-0.25, -0.2) is 4.98 Å². The zero-order valence-electron chi connectivity index (χ0n) is 13.9. The molecule has 0 unspecified atom stereocenters. The van der Waals surface area contributed by atoms with Crippen molar-refractivity contribution in [3.63, 3.8) is 0 Å². The number of rotatable bonds is 3. The number of hydrogen-bond acceptors (Lipinski definition) is 4. The van der Waals surface area contributed by atoms with Gasteiger partial charge in [-0.15, -0.1) is 11.3 Å². The normalized spacial score (nSPS) is 17.6. The Morgan fingerprint density at radius 1 is 1.29 bits per heavy atom. The molecule has 1 N–H and O–H groups in total. The SMILES string of the molecule is CC(=O)N1CCC[C@@H](C(=O)Nc2ccc(-c3csc(C)n3)cc2)C1. The van der Waals surface area contributed by atoms with Gasteiger partial charge >= 0.3 is 0 Å². The van der Waals surface area contributed by atoms with Crippen LogP contribution in [0.25, 0.3) is 11.3 Å². The third-order valence-electron chi connectivity index (χ3n) is 4.30. The minimum atomic E-state index is -0.136. The second-order valence-corrected chi connectivity index (χ2v) is 7.18. The molecule has 1 aliphatic rings. The van der Waals surface area contributed by atoms with Gasteiger partial charge in [0.1, 0.15) is 0 Å². The third-order valence-corrected chi connectivity index (χ3v) is 5.08. The highest BCUT2D eigenvalue weighted by molar-refractivity contribution is 7.09. The first kappa shape index (κ1) is 16.6. The highest BCUT2D eigenvalue weighted by atomic mass is 32.1. The lowest BCUT2D eigenvalue weighted by atomic mass is 9.97. The van der Waals surface area contributed by atoms with Gasteiger partial charge < -0.3 is 10.2 Å². The molecule has 1 saturated heterocycles. The van der Waals surface area contributed by atoms with Crippen LogP contribution in [0.1, 0.15) is 24.8 Å². The molecule has 3 rings (SSSR count). The number of anilines is 1. The summed E-state index contributed by atoms with van der Waals surface area (Å²) in [4.78, 5) is 30.1. The molecule has 5 nitrogen and oxygen atoms in total. The number of aryl methyl sites for hydroxylation is 1. The fourth-order valence-corrected chi connectivity index (χ4v) is 3.56. The Hall–Kier alpha value is -2.21. The standard InChI is InChI=1S/C18H21N3O2S/c1-12-19-17(11-24-12)14-5-7-16(8-6-14)20-18(23)15-4-3-9-21(10-15)13(2)22/h5-8,11,15H,3-4,9-10H2,1-2H3,(H,20,23)/t15-/m1/s1. The Balaban J connectivity index is 1.63. The topological polar surface area (TPSA) is 62.3 Å². The number of carbonyl (C=O) groups excluding carboxylic acids is 2. The van der Waals surface area contributed by atoms with E-state index in [-0.39, 0.29) is 17.7 Å². The van der Waals surface area contributed by atoms with Crippen LogP contribution in [0.4, 0.5) is 5.69 Å². The van der Waals surface area contributed by atoms with Crippen molar-refractivity contribution in [2.45, 2.75) is 26.7 Å². The highest BCUT2D eigenvalue weighted by Crippen LogP contribution is 2.24. The zero-order chi connectivity index (χ0) is 17.1. The summed E-state index contributed by atoms with van der Waals surface area (Å²) in [7, 11) is 0. The van der Waals surface area contributed by atoms with Gasteiger partial charge in [0.25, 0.3) is 0 Å². The maximum absolute atomic E-state index is 12.4. The van der Waals surface area contributed by atoms with E-state index < -0.39 is 0 Å². The first-order valence-corrected chi connectivity index (χ1v) is 9.00. The molecule has 1 fully saturated rings. The predicted molar refractivity (Wildman–Crippen MR) is 95.9 cm³/mol. The Labute approximate surface area is 145 Å². The van der Waals surface area contributed by atoms with E-state index in [0.717, 1.165) is 41.3 Å². The van der Waals surface area contributed by atoms with Crippen LogP contribution in [0.2, 0.25) is 0 Å². The summed E-state index contributed by atoms with van der Waals surface area (Å²) in [6.07, 6.45) is 1.70. The first-order chi connectivity index (χ1) is 11.5. The van der Waals surface area contributed by atoms with Gasteiger partial charge in [0.2, 0.25) is 11.8 Å². The maximum atomic E-state index is 12.4. The van der Waals surface area contributed by atoms with Gasteiger partial charge in [0, 0.05) is 36.6 Å². The average Bonchev–Trinajstić information content (AvgIpc) is 3.02. The molecule has 0 radical (unpaired) electrons. The van der Waals surface area contributed by atoms with Crippen LogP contribution in [-0.2, 0) is 9.59 Å². The van der Waals surface area contributed by atoms with Crippen LogP contribution in [0.5, 0.6) is 0 Å². The summed E-state index contributed by atoms with van der Waals surface area (Å²) < 4.78 is 0. The summed E-state index contributed by atoms with van der Waals surface area (Å²) in [5.74, 6) is -0.114. The average molecular weight is 343 g/mol. The van der Waals surface area contributed by atoms with Crippen LogP contribution in [0.15, 0.2) is 29.6 Å². The summed E-state index contributed by atoms with van der Waals surface area (Å²) in [5.41, 5.74) is 2.77. The molecule has 2 amide bonds. The van der Waals surface area contributed by atoms with Crippen LogP contribution in [-0.4, -0.2) is 34.8 Å². The molecule has 1 atom stereocenters. The summed E-state index contributed by atoms with van der Waals surface area (Å²) in [6, 6.07) is 7.72. The molecule has 1 aliphatic heterocycles. The smallest absolute Gasteiger partial charge is 0.229 e. The molecule has 126 valence electrons. The van der Waals surface area contributed by atoms with E-state index in [9.17, 15) is 9.59 Å². The monoisotopic (exact) mass is 343 g/mol. The van der Waals surface area contributed by atoms with Gasteiger partial charge in [0.15, 0.2) is 0 Å². The number of amides is 2. The highest BCUT2D eigenvalue weighted by Gasteiger charge is 2.26.